The number of nitrogens with two attached hydrogens (primary N) is 1. The van der Waals surface area contributed by atoms with E-state index in [0.717, 1.165) is 0 Å². The van der Waals surface area contributed by atoms with Crippen LogP contribution in [0.5, 0.6) is 5.75 Å². The average molecular weight is 340 g/mol. The van der Waals surface area contributed by atoms with Crippen molar-refractivity contribution in [1.82, 2.24) is 0 Å². The third-order valence-electron chi connectivity index (χ3n) is 3.48. The Bertz CT molecular complexity index is 1020. The van der Waals surface area contributed by atoms with Crippen LogP contribution in [-0.4, -0.2) is 17.4 Å². The molecule has 3 aromatic rings. The van der Waals surface area contributed by atoms with E-state index in [1.807, 2.05) is 0 Å². The summed E-state index contributed by atoms with van der Waals surface area (Å²) in [5, 5.41) is 11.3. The first-order chi connectivity index (χ1) is 11.9. The summed E-state index contributed by atoms with van der Waals surface area (Å²) in [4.78, 5) is 33.1. The fraction of sp³-hybridized carbons (Fsp3) is 0.0588. The van der Waals surface area contributed by atoms with Crippen LogP contribution >= 0.6 is 0 Å². The molecule has 25 heavy (non-hydrogen) atoms. The summed E-state index contributed by atoms with van der Waals surface area (Å²) in [6, 6.07) is 12.0. The van der Waals surface area contributed by atoms with Crippen molar-refractivity contribution < 1.29 is 18.9 Å². The van der Waals surface area contributed by atoms with Gasteiger partial charge in [0.2, 0.25) is 0 Å². The summed E-state index contributed by atoms with van der Waals surface area (Å²) < 4.78 is 10.5. The highest BCUT2D eigenvalue weighted by molar-refractivity contribution is 5.83. The van der Waals surface area contributed by atoms with E-state index in [4.69, 9.17) is 14.9 Å². The Morgan fingerprint density at radius 3 is 2.52 bits per heavy atom. The standard InChI is InChI=1S/C17H12N2O6/c18-16(20)9-24-13-6-3-11-7-14(17(21)25-15(11)8-13)10-1-4-12(5-2-10)19(22)23/h1-8H,9H2,(H2,18,20). The van der Waals surface area contributed by atoms with Crippen molar-refractivity contribution in [3.8, 4) is 16.9 Å². The quantitative estimate of drug-likeness (QED) is 0.431. The molecule has 0 unspecified atom stereocenters. The van der Waals surface area contributed by atoms with Crippen LogP contribution in [0, 0.1) is 10.1 Å². The predicted octanol–water partition coefficient (Wildman–Crippen LogP) is 2.23. The zero-order valence-electron chi connectivity index (χ0n) is 12.8. The molecule has 0 spiro atoms. The maximum absolute atomic E-state index is 12.2. The Kier molecular flexibility index (Phi) is 4.17. The number of benzene rings is 2. The lowest BCUT2D eigenvalue weighted by Gasteiger charge is -2.06. The second kappa shape index (κ2) is 6.44. The fourth-order valence-electron chi connectivity index (χ4n) is 2.30. The van der Waals surface area contributed by atoms with E-state index in [0.29, 0.717) is 16.7 Å². The largest absolute Gasteiger partial charge is 0.484 e. The van der Waals surface area contributed by atoms with Crippen molar-refractivity contribution in [2.45, 2.75) is 0 Å². The van der Waals surface area contributed by atoms with Gasteiger partial charge in [0.05, 0.1) is 10.5 Å². The zero-order chi connectivity index (χ0) is 18.0. The van der Waals surface area contributed by atoms with Crippen molar-refractivity contribution in [2.24, 2.45) is 5.73 Å². The van der Waals surface area contributed by atoms with Crippen LogP contribution < -0.4 is 16.1 Å². The Labute approximate surface area is 140 Å². The number of non-ortho nitro benzene ring substituents is 1. The van der Waals surface area contributed by atoms with Crippen molar-refractivity contribution in [3.05, 3.63) is 69.1 Å². The number of fused-ring (bicyclic) bond motifs is 1. The molecule has 1 amide bonds. The van der Waals surface area contributed by atoms with E-state index in [2.05, 4.69) is 0 Å². The molecule has 3 rings (SSSR count). The number of ether oxygens (including phenoxy) is 1. The number of nitro groups is 1. The van der Waals surface area contributed by atoms with Crippen LogP contribution in [0.3, 0.4) is 0 Å². The molecular formula is C17H12N2O6. The molecular weight excluding hydrogens is 328 g/mol. The summed E-state index contributed by atoms with van der Waals surface area (Å²) in [6.45, 7) is -0.281. The van der Waals surface area contributed by atoms with Gasteiger partial charge < -0.3 is 14.9 Å². The normalized spacial score (nSPS) is 10.6. The van der Waals surface area contributed by atoms with Crippen LogP contribution in [0.25, 0.3) is 22.1 Å². The number of carbonyl (C=O) groups is 1. The second-order valence-corrected chi connectivity index (χ2v) is 5.21. The summed E-state index contributed by atoms with van der Waals surface area (Å²) in [5.74, 6) is -0.271. The van der Waals surface area contributed by atoms with Gasteiger partial charge in [-0.25, -0.2) is 4.79 Å². The number of rotatable bonds is 5. The van der Waals surface area contributed by atoms with Gasteiger partial charge in [0.25, 0.3) is 11.6 Å². The number of carbonyl (C=O) groups excluding carboxylic acids is 1. The summed E-state index contributed by atoms with van der Waals surface area (Å²) in [7, 11) is 0. The van der Waals surface area contributed by atoms with Crippen LogP contribution in [0.15, 0.2) is 57.7 Å². The molecule has 0 radical (unpaired) electrons. The minimum atomic E-state index is -0.616. The highest BCUT2D eigenvalue weighted by Gasteiger charge is 2.11. The van der Waals surface area contributed by atoms with Crippen molar-refractivity contribution in [3.63, 3.8) is 0 Å². The van der Waals surface area contributed by atoms with Crippen molar-refractivity contribution in [1.29, 1.82) is 0 Å². The van der Waals surface area contributed by atoms with Crippen LogP contribution in [0.4, 0.5) is 5.69 Å². The molecule has 0 aliphatic rings. The highest BCUT2D eigenvalue weighted by Crippen LogP contribution is 2.25. The SMILES string of the molecule is NC(=O)COc1ccc2cc(-c3ccc([N+](=O)[O-])cc3)c(=O)oc2c1. The number of primary amides is 1. The first-order valence-corrected chi connectivity index (χ1v) is 7.18. The maximum atomic E-state index is 12.2. The first-order valence-electron chi connectivity index (χ1n) is 7.18. The molecule has 0 aliphatic heterocycles. The lowest BCUT2D eigenvalue weighted by molar-refractivity contribution is -0.384. The molecule has 8 heteroatoms. The minimum absolute atomic E-state index is 0.0647. The molecule has 126 valence electrons. The van der Waals surface area contributed by atoms with Gasteiger partial charge in [0.1, 0.15) is 11.3 Å². The summed E-state index contributed by atoms with van der Waals surface area (Å²) >= 11 is 0. The molecule has 2 N–H and O–H groups in total. The molecule has 1 heterocycles. The molecule has 0 fully saturated rings. The number of nitro benzene ring substituents is 1. The lowest BCUT2D eigenvalue weighted by atomic mass is 10.1. The van der Waals surface area contributed by atoms with E-state index >= 15 is 0 Å². The van der Waals surface area contributed by atoms with Gasteiger partial charge in [-0.15, -0.1) is 0 Å². The number of hydrogen-bond acceptors (Lipinski definition) is 6. The monoisotopic (exact) mass is 340 g/mol. The van der Waals surface area contributed by atoms with Gasteiger partial charge >= 0.3 is 5.63 Å². The molecule has 0 atom stereocenters. The van der Waals surface area contributed by atoms with Gasteiger partial charge in [0, 0.05) is 23.6 Å². The van der Waals surface area contributed by atoms with Crippen molar-refractivity contribution >= 4 is 22.6 Å². The van der Waals surface area contributed by atoms with E-state index in [-0.39, 0.29) is 23.4 Å². The molecule has 0 aliphatic carbocycles. The Balaban J connectivity index is 1.99. The maximum Gasteiger partial charge on any atom is 0.344 e. The smallest absolute Gasteiger partial charge is 0.344 e. The lowest BCUT2D eigenvalue weighted by Crippen LogP contribution is -2.19. The van der Waals surface area contributed by atoms with Gasteiger partial charge in [-0.3, -0.25) is 14.9 Å². The van der Waals surface area contributed by atoms with E-state index in [1.165, 1.54) is 30.3 Å². The van der Waals surface area contributed by atoms with E-state index < -0.39 is 16.5 Å². The number of hydrogen-bond donors (Lipinski definition) is 1. The molecule has 8 nitrogen and oxygen atoms in total. The predicted molar refractivity (Wildman–Crippen MR) is 89.3 cm³/mol. The Morgan fingerprint density at radius 1 is 1.16 bits per heavy atom. The third kappa shape index (κ3) is 3.47. The minimum Gasteiger partial charge on any atom is -0.484 e. The van der Waals surface area contributed by atoms with Gasteiger partial charge in [-0.2, -0.15) is 0 Å². The van der Waals surface area contributed by atoms with E-state index in [1.54, 1.807) is 18.2 Å². The van der Waals surface area contributed by atoms with Gasteiger partial charge in [-0.05, 0) is 35.9 Å². The van der Waals surface area contributed by atoms with Gasteiger partial charge in [0.15, 0.2) is 6.61 Å². The zero-order valence-corrected chi connectivity index (χ0v) is 12.8. The third-order valence-corrected chi connectivity index (χ3v) is 3.48. The Hall–Kier alpha value is -3.68. The molecule has 0 bridgehead atoms. The van der Waals surface area contributed by atoms with Gasteiger partial charge in [-0.1, -0.05) is 0 Å². The van der Waals surface area contributed by atoms with Crippen LogP contribution in [0.2, 0.25) is 0 Å². The number of amides is 1. The molecule has 0 saturated heterocycles. The summed E-state index contributed by atoms with van der Waals surface area (Å²) in [5.41, 5.74) is 5.44. The molecule has 0 saturated carbocycles. The first kappa shape index (κ1) is 16.2. The molecule has 1 aromatic heterocycles. The fourth-order valence-corrected chi connectivity index (χ4v) is 2.30. The summed E-state index contributed by atoms with van der Waals surface area (Å²) in [6.07, 6.45) is 0. The van der Waals surface area contributed by atoms with E-state index in [9.17, 15) is 19.7 Å². The second-order valence-electron chi connectivity index (χ2n) is 5.21. The Morgan fingerprint density at radius 2 is 1.88 bits per heavy atom. The van der Waals surface area contributed by atoms with Crippen molar-refractivity contribution in [2.75, 3.05) is 6.61 Å². The highest BCUT2D eigenvalue weighted by atomic mass is 16.6. The topological polar surface area (TPSA) is 126 Å². The average Bonchev–Trinajstić information content (AvgIpc) is 2.59. The number of nitrogens with zero attached hydrogens (tertiary/aromatic N) is 1. The van der Waals surface area contributed by atoms with Crippen LogP contribution in [-0.2, 0) is 4.79 Å². The van der Waals surface area contributed by atoms with Crippen LogP contribution in [0.1, 0.15) is 0 Å². The molecule has 2 aromatic carbocycles.